The first kappa shape index (κ1) is 21.9. The summed E-state index contributed by atoms with van der Waals surface area (Å²) in [4.78, 5) is 38.6. The molecule has 0 aliphatic carbocycles. The zero-order chi connectivity index (χ0) is 21.4. The summed E-state index contributed by atoms with van der Waals surface area (Å²) in [5.74, 6) is -1.42. The largest absolute Gasteiger partial charge is 0.467 e. The predicted octanol–water partition coefficient (Wildman–Crippen LogP) is 1.83. The van der Waals surface area contributed by atoms with Gasteiger partial charge in [-0.15, -0.1) is 0 Å². The first-order valence-corrected chi connectivity index (χ1v) is 9.45. The molecular formula is C21H30N2O5. The van der Waals surface area contributed by atoms with Crippen LogP contribution < -0.4 is 5.32 Å². The SMILES string of the molecule is COC(=O)[C@@H](NC(=O)c1ccc(C2(O)C(=O)N(C(C)C)C2(C)C)cc1)C(C)C. The molecule has 0 aromatic heterocycles. The number of carbonyl (C=O) groups excluding carboxylic acids is 3. The molecule has 1 aromatic rings. The van der Waals surface area contributed by atoms with E-state index in [9.17, 15) is 19.5 Å². The number of nitrogens with one attached hydrogen (secondary N) is 1. The molecule has 1 aromatic carbocycles. The molecule has 154 valence electrons. The van der Waals surface area contributed by atoms with Crippen LogP contribution in [-0.2, 0) is 19.9 Å². The quantitative estimate of drug-likeness (QED) is 0.571. The number of amides is 2. The molecule has 0 bridgehead atoms. The average Bonchev–Trinajstić information content (AvgIpc) is 2.63. The van der Waals surface area contributed by atoms with Gasteiger partial charge in [-0.3, -0.25) is 9.59 Å². The third-order valence-electron chi connectivity index (χ3n) is 5.51. The Labute approximate surface area is 166 Å². The van der Waals surface area contributed by atoms with Crippen molar-refractivity contribution in [2.24, 2.45) is 5.92 Å². The first-order valence-electron chi connectivity index (χ1n) is 9.45. The Balaban J connectivity index is 2.23. The zero-order valence-corrected chi connectivity index (χ0v) is 17.6. The van der Waals surface area contributed by atoms with E-state index in [0.29, 0.717) is 11.1 Å². The van der Waals surface area contributed by atoms with Gasteiger partial charge in [0.15, 0.2) is 5.60 Å². The van der Waals surface area contributed by atoms with Crippen LogP contribution in [0, 0.1) is 5.92 Å². The second kappa shape index (κ2) is 7.54. The molecule has 1 unspecified atom stereocenters. The van der Waals surface area contributed by atoms with Crippen molar-refractivity contribution >= 4 is 17.8 Å². The molecular weight excluding hydrogens is 360 g/mol. The fourth-order valence-corrected chi connectivity index (χ4v) is 3.88. The number of rotatable bonds is 6. The van der Waals surface area contributed by atoms with Crippen LogP contribution in [0.5, 0.6) is 0 Å². The minimum absolute atomic E-state index is 0.0286. The maximum Gasteiger partial charge on any atom is 0.328 e. The van der Waals surface area contributed by atoms with Gasteiger partial charge in [0.2, 0.25) is 0 Å². The van der Waals surface area contributed by atoms with E-state index >= 15 is 0 Å². The fraction of sp³-hybridized carbons (Fsp3) is 0.571. The van der Waals surface area contributed by atoms with Crippen LogP contribution in [-0.4, -0.2) is 52.5 Å². The maximum absolute atomic E-state index is 12.6. The van der Waals surface area contributed by atoms with Crippen molar-refractivity contribution in [3.63, 3.8) is 0 Å². The highest BCUT2D eigenvalue weighted by molar-refractivity contribution is 5.98. The standard InChI is InChI=1S/C21H30N2O5/c1-12(2)16(18(25)28-7)22-17(24)14-8-10-15(11-9-14)21(27)19(26)23(13(3)4)20(21,5)6/h8-13,16,27H,1-7H3,(H,22,24)/t16-,21?/m0/s1. The van der Waals surface area contributed by atoms with Gasteiger partial charge < -0.3 is 20.1 Å². The van der Waals surface area contributed by atoms with Gasteiger partial charge >= 0.3 is 5.97 Å². The molecule has 7 heteroatoms. The average molecular weight is 390 g/mol. The van der Waals surface area contributed by atoms with Crippen molar-refractivity contribution in [3.8, 4) is 0 Å². The van der Waals surface area contributed by atoms with Crippen molar-refractivity contribution in [1.29, 1.82) is 0 Å². The van der Waals surface area contributed by atoms with E-state index in [1.54, 1.807) is 29.2 Å². The molecule has 1 saturated heterocycles. The van der Waals surface area contributed by atoms with Crippen molar-refractivity contribution in [3.05, 3.63) is 35.4 Å². The number of nitrogens with zero attached hydrogens (tertiary/aromatic N) is 1. The van der Waals surface area contributed by atoms with Gasteiger partial charge in [0.1, 0.15) is 6.04 Å². The number of β-lactam (4-membered cyclic amide) rings is 1. The number of carbonyl (C=O) groups is 3. The summed E-state index contributed by atoms with van der Waals surface area (Å²) in [5, 5.41) is 13.8. The summed E-state index contributed by atoms with van der Waals surface area (Å²) in [6.07, 6.45) is 0. The van der Waals surface area contributed by atoms with Gasteiger partial charge in [-0.05, 0) is 51.3 Å². The lowest BCUT2D eigenvalue weighted by Crippen LogP contribution is -2.79. The van der Waals surface area contributed by atoms with Crippen LogP contribution in [0.3, 0.4) is 0 Å². The highest BCUT2D eigenvalue weighted by atomic mass is 16.5. The molecule has 1 aliphatic heterocycles. The van der Waals surface area contributed by atoms with Crippen LogP contribution in [0.4, 0.5) is 0 Å². The van der Waals surface area contributed by atoms with Crippen molar-refractivity contribution in [2.75, 3.05) is 7.11 Å². The molecule has 7 nitrogen and oxygen atoms in total. The van der Waals surface area contributed by atoms with Gasteiger partial charge in [0.05, 0.1) is 12.6 Å². The van der Waals surface area contributed by atoms with Gasteiger partial charge in [-0.25, -0.2) is 4.79 Å². The number of methoxy groups -OCH3 is 1. The molecule has 2 atom stereocenters. The normalized spacial score (nSPS) is 22.1. The molecule has 2 amide bonds. The first-order chi connectivity index (χ1) is 12.9. The number of hydrogen-bond donors (Lipinski definition) is 2. The van der Waals surface area contributed by atoms with Gasteiger partial charge in [0.25, 0.3) is 11.8 Å². The number of likely N-dealkylation sites (tertiary alicyclic amines) is 1. The summed E-state index contributed by atoms with van der Waals surface area (Å²) in [6.45, 7) is 11.1. The lowest BCUT2D eigenvalue weighted by molar-refractivity contribution is -0.221. The molecule has 1 heterocycles. The Kier molecular flexibility index (Phi) is 5.90. The number of hydrogen-bond acceptors (Lipinski definition) is 5. The second-order valence-electron chi connectivity index (χ2n) is 8.33. The topological polar surface area (TPSA) is 95.9 Å². The van der Waals surface area contributed by atoms with E-state index in [1.165, 1.54) is 7.11 Å². The molecule has 0 spiro atoms. The molecule has 2 rings (SSSR count). The fourth-order valence-electron chi connectivity index (χ4n) is 3.88. The number of benzene rings is 1. The van der Waals surface area contributed by atoms with E-state index in [1.807, 2.05) is 41.5 Å². The van der Waals surface area contributed by atoms with Crippen LogP contribution in [0.15, 0.2) is 24.3 Å². The number of aliphatic hydroxyl groups is 1. The number of ether oxygens (including phenoxy) is 1. The third kappa shape index (κ3) is 3.28. The monoisotopic (exact) mass is 390 g/mol. The smallest absolute Gasteiger partial charge is 0.328 e. The molecule has 0 saturated carbocycles. The Morgan fingerprint density at radius 2 is 1.64 bits per heavy atom. The summed E-state index contributed by atoms with van der Waals surface area (Å²) in [5.41, 5.74) is -1.65. The zero-order valence-electron chi connectivity index (χ0n) is 17.6. The van der Waals surface area contributed by atoms with E-state index in [2.05, 4.69) is 5.32 Å². The Morgan fingerprint density at radius 1 is 1.11 bits per heavy atom. The third-order valence-corrected chi connectivity index (χ3v) is 5.51. The Bertz CT molecular complexity index is 770. The minimum Gasteiger partial charge on any atom is -0.467 e. The van der Waals surface area contributed by atoms with Crippen molar-refractivity contribution in [2.45, 2.75) is 64.8 Å². The van der Waals surface area contributed by atoms with Crippen molar-refractivity contribution < 1.29 is 24.2 Å². The summed E-state index contributed by atoms with van der Waals surface area (Å²) in [6, 6.07) is 5.45. The van der Waals surface area contributed by atoms with Gasteiger partial charge in [0, 0.05) is 11.6 Å². The van der Waals surface area contributed by atoms with Crippen LogP contribution in [0.1, 0.15) is 57.5 Å². The number of esters is 1. The van der Waals surface area contributed by atoms with E-state index in [0.717, 1.165) is 0 Å². The Morgan fingerprint density at radius 3 is 2.04 bits per heavy atom. The molecule has 0 radical (unpaired) electrons. The molecule has 2 N–H and O–H groups in total. The maximum atomic E-state index is 12.6. The van der Waals surface area contributed by atoms with Gasteiger partial charge in [-0.2, -0.15) is 0 Å². The molecule has 1 fully saturated rings. The van der Waals surface area contributed by atoms with Crippen LogP contribution >= 0.6 is 0 Å². The lowest BCUT2D eigenvalue weighted by Gasteiger charge is -2.61. The second-order valence-corrected chi connectivity index (χ2v) is 8.33. The molecule has 1 aliphatic rings. The van der Waals surface area contributed by atoms with E-state index in [4.69, 9.17) is 4.74 Å². The molecule has 28 heavy (non-hydrogen) atoms. The van der Waals surface area contributed by atoms with Crippen LogP contribution in [0.25, 0.3) is 0 Å². The summed E-state index contributed by atoms with van der Waals surface area (Å²) >= 11 is 0. The lowest BCUT2D eigenvalue weighted by atomic mass is 9.66. The summed E-state index contributed by atoms with van der Waals surface area (Å²) < 4.78 is 4.73. The van der Waals surface area contributed by atoms with E-state index < -0.39 is 29.1 Å². The van der Waals surface area contributed by atoms with Crippen molar-refractivity contribution in [1.82, 2.24) is 10.2 Å². The summed E-state index contributed by atoms with van der Waals surface area (Å²) in [7, 11) is 1.27. The van der Waals surface area contributed by atoms with Crippen LogP contribution in [0.2, 0.25) is 0 Å². The Hall–Kier alpha value is -2.41. The van der Waals surface area contributed by atoms with E-state index in [-0.39, 0.29) is 17.9 Å². The highest BCUT2D eigenvalue weighted by Crippen LogP contribution is 2.49. The minimum atomic E-state index is -1.64. The highest BCUT2D eigenvalue weighted by Gasteiger charge is 2.67. The van der Waals surface area contributed by atoms with Gasteiger partial charge in [-0.1, -0.05) is 26.0 Å². The predicted molar refractivity (Wildman–Crippen MR) is 105 cm³/mol.